The monoisotopic (exact) mass is 267 g/mol. The number of ketones is 1. The molecule has 0 N–H and O–H groups in total. The smallest absolute Gasteiger partial charge is 0.237 e. The Hall–Kier alpha value is -1.68. The molecule has 0 aliphatic carbocycles. The lowest BCUT2D eigenvalue weighted by molar-refractivity contribution is -0.127. The number of amides is 1. The molecule has 0 spiro atoms. The van der Waals surface area contributed by atoms with E-state index in [2.05, 4.69) is 6.58 Å². The van der Waals surface area contributed by atoms with Crippen LogP contribution in [0.5, 0.6) is 0 Å². The number of benzene rings is 1. The molecule has 1 aliphatic heterocycles. The highest BCUT2D eigenvalue weighted by Gasteiger charge is 2.37. The third-order valence-electron chi connectivity index (χ3n) is 2.99. The Balaban J connectivity index is 2.33. The van der Waals surface area contributed by atoms with Crippen LogP contribution in [0.4, 0.5) is 4.39 Å². The van der Waals surface area contributed by atoms with Gasteiger partial charge in [-0.05, 0) is 24.8 Å². The van der Waals surface area contributed by atoms with Gasteiger partial charge in [0, 0.05) is 6.54 Å². The number of Topliss-reactive ketones (excluding diaryl/α,β-unsaturated/α-hetero) is 1. The first-order valence-electron chi connectivity index (χ1n) is 5.47. The average molecular weight is 268 g/mol. The normalized spacial score (nSPS) is 19.1. The molecule has 3 nitrogen and oxygen atoms in total. The molecule has 1 aliphatic rings. The summed E-state index contributed by atoms with van der Waals surface area (Å²) in [7, 11) is 0. The summed E-state index contributed by atoms with van der Waals surface area (Å²) in [6.07, 6.45) is 1.73. The fourth-order valence-electron chi connectivity index (χ4n) is 2.03. The molecule has 1 heterocycles. The van der Waals surface area contributed by atoms with Gasteiger partial charge in [0.2, 0.25) is 5.91 Å². The van der Waals surface area contributed by atoms with Crippen molar-refractivity contribution in [2.24, 2.45) is 5.92 Å². The van der Waals surface area contributed by atoms with Crippen LogP contribution in [0.1, 0.15) is 16.8 Å². The molecule has 1 saturated heterocycles. The highest BCUT2D eigenvalue weighted by molar-refractivity contribution is 6.34. The number of likely N-dealkylation sites (tertiary alicyclic amines) is 1. The number of carbonyl (C=O) groups excluding carboxylic acids is 2. The first kappa shape index (κ1) is 12.8. The Morgan fingerprint density at radius 2 is 2.28 bits per heavy atom. The van der Waals surface area contributed by atoms with E-state index < -0.39 is 17.5 Å². The molecule has 1 fully saturated rings. The predicted octanol–water partition coefficient (Wildman–Crippen LogP) is 2.65. The van der Waals surface area contributed by atoms with Crippen molar-refractivity contribution in [1.29, 1.82) is 0 Å². The second-order valence-corrected chi connectivity index (χ2v) is 4.42. The maximum absolute atomic E-state index is 13.6. The van der Waals surface area contributed by atoms with Crippen molar-refractivity contribution in [1.82, 2.24) is 4.90 Å². The summed E-state index contributed by atoms with van der Waals surface area (Å²) in [6, 6.07) is 4.01. The largest absolute Gasteiger partial charge is 0.319 e. The lowest BCUT2D eigenvalue weighted by atomic mass is 9.96. The van der Waals surface area contributed by atoms with Crippen molar-refractivity contribution in [2.75, 3.05) is 6.54 Å². The minimum absolute atomic E-state index is 0.0323. The molecule has 0 aromatic heterocycles. The first-order chi connectivity index (χ1) is 8.56. The summed E-state index contributed by atoms with van der Waals surface area (Å²) in [6.45, 7) is 3.91. The van der Waals surface area contributed by atoms with Crippen LogP contribution < -0.4 is 0 Å². The van der Waals surface area contributed by atoms with Gasteiger partial charge in [-0.3, -0.25) is 9.59 Å². The van der Waals surface area contributed by atoms with Crippen molar-refractivity contribution < 1.29 is 14.0 Å². The molecular weight excluding hydrogens is 257 g/mol. The number of hydrogen-bond donors (Lipinski definition) is 0. The number of halogens is 2. The van der Waals surface area contributed by atoms with Crippen LogP contribution in [0.25, 0.3) is 0 Å². The van der Waals surface area contributed by atoms with E-state index >= 15 is 0 Å². The zero-order chi connectivity index (χ0) is 13.3. The molecule has 5 heteroatoms. The Kier molecular flexibility index (Phi) is 3.48. The molecule has 1 aromatic rings. The highest BCUT2D eigenvalue weighted by Crippen LogP contribution is 2.27. The van der Waals surface area contributed by atoms with Crippen molar-refractivity contribution in [3.63, 3.8) is 0 Å². The zero-order valence-electron chi connectivity index (χ0n) is 9.53. The Labute approximate surface area is 109 Å². The van der Waals surface area contributed by atoms with Gasteiger partial charge in [-0.25, -0.2) is 4.39 Å². The molecule has 2 rings (SSSR count). The Bertz CT molecular complexity index is 509. The van der Waals surface area contributed by atoms with Crippen LogP contribution in [0, 0.1) is 11.7 Å². The molecule has 0 radical (unpaired) electrons. The van der Waals surface area contributed by atoms with Crippen molar-refractivity contribution in [2.45, 2.75) is 6.42 Å². The van der Waals surface area contributed by atoms with Gasteiger partial charge in [0.1, 0.15) is 11.7 Å². The maximum atomic E-state index is 13.6. The number of hydrogen-bond acceptors (Lipinski definition) is 2. The Morgan fingerprint density at radius 1 is 1.56 bits per heavy atom. The van der Waals surface area contributed by atoms with E-state index in [-0.39, 0.29) is 16.5 Å². The van der Waals surface area contributed by atoms with Crippen LogP contribution in [0.2, 0.25) is 5.02 Å². The van der Waals surface area contributed by atoms with Crippen LogP contribution >= 0.6 is 11.6 Å². The van der Waals surface area contributed by atoms with E-state index in [0.29, 0.717) is 13.0 Å². The predicted molar refractivity (Wildman–Crippen MR) is 65.8 cm³/mol. The SMILES string of the molecule is C=CN1CCC(C(=O)c2c(F)cccc2Cl)C1=O. The minimum atomic E-state index is -0.864. The third-order valence-corrected chi connectivity index (χ3v) is 3.30. The second-order valence-electron chi connectivity index (χ2n) is 4.02. The lowest BCUT2D eigenvalue weighted by Gasteiger charge is -2.11. The molecule has 1 aromatic carbocycles. The molecule has 1 amide bonds. The zero-order valence-corrected chi connectivity index (χ0v) is 10.3. The van der Waals surface area contributed by atoms with Gasteiger partial charge in [-0.15, -0.1) is 0 Å². The minimum Gasteiger partial charge on any atom is -0.319 e. The van der Waals surface area contributed by atoms with E-state index in [1.807, 2.05) is 0 Å². The quantitative estimate of drug-likeness (QED) is 0.624. The summed E-state index contributed by atoms with van der Waals surface area (Å²) >= 11 is 5.81. The Morgan fingerprint density at radius 3 is 2.83 bits per heavy atom. The molecule has 0 saturated carbocycles. The number of rotatable bonds is 3. The fourth-order valence-corrected chi connectivity index (χ4v) is 2.29. The molecular formula is C13H11ClFNO2. The maximum Gasteiger partial charge on any atom is 0.237 e. The average Bonchev–Trinajstić information content (AvgIpc) is 2.70. The van der Waals surface area contributed by atoms with Crippen molar-refractivity contribution >= 4 is 23.3 Å². The van der Waals surface area contributed by atoms with Crippen molar-refractivity contribution in [3.05, 3.63) is 47.4 Å². The van der Waals surface area contributed by atoms with Gasteiger partial charge < -0.3 is 4.90 Å². The van der Waals surface area contributed by atoms with Gasteiger partial charge >= 0.3 is 0 Å². The molecule has 94 valence electrons. The van der Waals surface area contributed by atoms with Gasteiger partial charge in [-0.2, -0.15) is 0 Å². The highest BCUT2D eigenvalue weighted by atomic mass is 35.5. The van der Waals surface area contributed by atoms with E-state index in [4.69, 9.17) is 11.6 Å². The lowest BCUT2D eigenvalue weighted by Crippen LogP contribution is -2.27. The summed E-state index contributed by atoms with van der Waals surface area (Å²) in [5.74, 6) is -2.48. The molecule has 0 bridgehead atoms. The van der Waals surface area contributed by atoms with Crippen molar-refractivity contribution in [3.8, 4) is 0 Å². The van der Waals surface area contributed by atoms with Gasteiger partial charge in [0.15, 0.2) is 5.78 Å². The number of carbonyl (C=O) groups is 2. The third kappa shape index (κ3) is 2.04. The topological polar surface area (TPSA) is 37.4 Å². The fraction of sp³-hybridized carbons (Fsp3) is 0.231. The summed E-state index contributed by atoms with van der Waals surface area (Å²) in [5.41, 5.74) is -0.205. The van der Waals surface area contributed by atoms with Gasteiger partial charge in [-0.1, -0.05) is 24.2 Å². The first-order valence-corrected chi connectivity index (χ1v) is 5.85. The van der Waals surface area contributed by atoms with E-state index in [1.165, 1.54) is 23.2 Å². The molecule has 18 heavy (non-hydrogen) atoms. The summed E-state index contributed by atoms with van der Waals surface area (Å²) in [5, 5.41) is 0.0323. The van der Waals surface area contributed by atoms with Gasteiger partial charge in [0.05, 0.1) is 10.6 Å². The van der Waals surface area contributed by atoms with Crippen LogP contribution in [0.15, 0.2) is 31.0 Å². The van der Waals surface area contributed by atoms with E-state index in [1.54, 1.807) is 0 Å². The molecule has 1 unspecified atom stereocenters. The second kappa shape index (κ2) is 4.90. The van der Waals surface area contributed by atoms with E-state index in [9.17, 15) is 14.0 Å². The standard InChI is InChI=1S/C13H11ClFNO2/c1-2-16-7-6-8(13(16)18)12(17)11-9(14)4-3-5-10(11)15/h2-5,8H,1,6-7H2. The van der Waals surface area contributed by atoms with Crippen LogP contribution in [-0.2, 0) is 4.79 Å². The van der Waals surface area contributed by atoms with E-state index in [0.717, 1.165) is 6.07 Å². The van der Waals surface area contributed by atoms with Crippen LogP contribution in [0.3, 0.4) is 0 Å². The number of nitrogens with zero attached hydrogens (tertiary/aromatic N) is 1. The summed E-state index contributed by atoms with van der Waals surface area (Å²) < 4.78 is 13.6. The van der Waals surface area contributed by atoms with Crippen LogP contribution in [-0.4, -0.2) is 23.1 Å². The molecule has 1 atom stereocenters. The summed E-state index contributed by atoms with van der Waals surface area (Å²) in [4.78, 5) is 25.4. The van der Waals surface area contributed by atoms with Gasteiger partial charge in [0.25, 0.3) is 0 Å².